The minimum atomic E-state index is -0.479. The van der Waals surface area contributed by atoms with E-state index in [9.17, 15) is 9.59 Å². The van der Waals surface area contributed by atoms with Gasteiger partial charge in [-0.25, -0.2) is 0 Å². The minimum Gasteiger partial charge on any atom is -0.369 e. The quantitative estimate of drug-likeness (QED) is 0.329. The molecule has 1 heterocycles. The Morgan fingerprint density at radius 1 is 1.53 bits per heavy atom. The number of ketones is 1. The number of hydrogen-bond acceptors (Lipinski definition) is 3. The number of Topliss-reactive ketones (excluding diaryl/α,β-unsaturated/α-hetero) is 1. The van der Waals surface area contributed by atoms with E-state index in [2.05, 4.69) is 0 Å². The lowest BCUT2D eigenvalue weighted by Gasteiger charge is -2.05. The largest absolute Gasteiger partial charge is 0.369 e. The van der Waals surface area contributed by atoms with Gasteiger partial charge in [-0.3, -0.25) is 9.59 Å². The number of carbonyl (C=O) groups excluding carboxylic acids is 2. The van der Waals surface area contributed by atoms with E-state index in [1.54, 1.807) is 12.1 Å². The summed E-state index contributed by atoms with van der Waals surface area (Å²) in [7, 11) is 0.891. The Morgan fingerprint density at radius 3 is 2.93 bits per heavy atom. The highest BCUT2D eigenvalue weighted by atomic mass is 31.1. The summed E-state index contributed by atoms with van der Waals surface area (Å²) in [6.07, 6.45) is 1.47. The Bertz CT molecular complexity index is 385. The summed E-state index contributed by atoms with van der Waals surface area (Å²) < 4.78 is 5.52. The van der Waals surface area contributed by atoms with Crippen molar-refractivity contribution in [2.24, 2.45) is 0 Å². The predicted molar refractivity (Wildman–Crippen MR) is 58.6 cm³/mol. The number of benzene rings is 1. The van der Waals surface area contributed by atoms with Gasteiger partial charge in [0.05, 0.1) is 12.5 Å². The van der Waals surface area contributed by atoms with Crippen LogP contribution in [0.3, 0.4) is 0 Å². The maximum Gasteiger partial charge on any atom is 0.225 e. The van der Waals surface area contributed by atoms with Gasteiger partial charge in [0.1, 0.15) is 0 Å². The van der Waals surface area contributed by atoms with E-state index in [1.807, 2.05) is 12.1 Å². The molecule has 0 aliphatic carbocycles. The summed E-state index contributed by atoms with van der Waals surface area (Å²) in [6.45, 7) is 0.424. The van der Waals surface area contributed by atoms with E-state index in [0.29, 0.717) is 24.3 Å². The van der Waals surface area contributed by atoms with Crippen molar-refractivity contribution < 1.29 is 14.3 Å². The van der Waals surface area contributed by atoms with Crippen LogP contribution in [0.1, 0.15) is 15.9 Å². The summed E-state index contributed by atoms with van der Waals surface area (Å²) in [5, 5.41) is 0. The van der Waals surface area contributed by atoms with E-state index in [0.717, 1.165) is 20.3 Å². The van der Waals surface area contributed by atoms with Crippen molar-refractivity contribution in [3.63, 3.8) is 0 Å². The fraction of sp³-hybridized carbons (Fsp3) is 0.273. The van der Waals surface area contributed by atoms with Gasteiger partial charge in [-0.15, -0.1) is 0 Å². The van der Waals surface area contributed by atoms with E-state index in [4.69, 9.17) is 4.74 Å². The van der Waals surface area contributed by atoms with Crippen molar-refractivity contribution >= 4 is 20.7 Å². The van der Waals surface area contributed by atoms with Crippen LogP contribution in [0.5, 0.6) is 0 Å². The number of ether oxygens (including phenoxy) is 1. The second-order valence-electron chi connectivity index (χ2n) is 3.35. The molecule has 1 aromatic rings. The first-order chi connectivity index (χ1) is 7.31. The van der Waals surface area contributed by atoms with Crippen molar-refractivity contribution in [3.8, 4) is 0 Å². The molecule has 0 saturated carbocycles. The zero-order chi connectivity index (χ0) is 10.7. The van der Waals surface area contributed by atoms with Crippen LogP contribution in [0.2, 0.25) is 0 Å². The lowest BCUT2D eigenvalue weighted by molar-refractivity contribution is -0.104. The molecule has 0 aromatic heterocycles. The Balaban J connectivity index is 2.12. The van der Waals surface area contributed by atoms with Crippen LogP contribution in [-0.2, 0) is 16.1 Å². The number of aldehydes is 1. The molecule has 3 nitrogen and oxygen atoms in total. The average molecular weight is 222 g/mol. The van der Waals surface area contributed by atoms with Crippen molar-refractivity contribution in [1.29, 1.82) is 0 Å². The van der Waals surface area contributed by atoms with Crippen molar-refractivity contribution in [2.45, 2.75) is 12.5 Å². The van der Waals surface area contributed by atoms with E-state index in [-0.39, 0.29) is 0 Å². The highest BCUT2D eigenvalue weighted by Crippen LogP contribution is 2.39. The molecule has 0 N–H and O–H groups in total. The highest BCUT2D eigenvalue weighted by molar-refractivity contribution is 7.47. The molecule has 2 unspecified atom stereocenters. The molecule has 78 valence electrons. The van der Waals surface area contributed by atoms with E-state index < -0.39 is 5.78 Å². The van der Waals surface area contributed by atoms with Gasteiger partial charge in [-0.05, 0) is 11.7 Å². The van der Waals surface area contributed by atoms with Crippen LogP contribution in [-0.4, -0.2) is 24.1 Å². The van der Waals surface area contributed by atoms with Gasteiger partial charge in [0.15, 0.2) is 6.29 Å². The number of carbonyl (C=O) groups is 2. The molecule has 1 fully saturated rings. The van der Waals surface area contributed by atoms with Crippen LogP contribution < -0.4 is 0 Å². The molecular weight excluding hydrogens is 211 g/mol. The standard InChI is InChI=1S/C11H11O3P/c12-5-10(13)9-4-2-1-3-8(9)6-14-11-7-15-11/h1-5,11,15H,6-7H2. The average Bonchev–Trinajstić information content (AvgIpc) is 3.09. The van der Waals surface area contributed by atoms with Crippen LogP contribution in [0.25, 0.3) is 0 Å². The third kappa shape index (κ3) is 2.71. The van der Waals surface area contributed by atoms with Crippen LogP contribution in [0.4, 0.5) is 0 Å². The van der Waals surface area contributed by atoms with Gasteiger partial charge >= 0.3 is 0 Å². The molecule has 1 aliphatic heterocycles. The molecule has 1 aromatic carbocycles. The maximum atomic E-state index is 11.3. The molecule has 0 spiro atoms. The molecule has 2 rings (SSSR count). The third-order valence-corrected chi connectivity index (χ3v) is 3.11. The normalized spacial score (nSPS) is 20.1. The molecule has 15 heavy (non-hydrogen) atoms. The smallest absolute Gasteiger partial charge is 0.225 e. The molecule has 0 amide bonds. The first-order valence-corrected chi connectivity index (χ1v) is 6.02. The van der Waals surface area contributed by atoms with Gasteiger partial charge in [0.25, 0.3) is 0 Å². The zero-order valence-electron chi connectivity index (χ0n) is 8.10. The van der Waals surface area contributed by atoms with Gasteiger partial charge in [-0.1, -0.05) is 32.8 Å². The van der Waals surface area contributed by atoms with Crippen LogP contribution in [0, 0.1) is 0 Å². The fourth-order valence-corrected chi connectivity index (χ4v) is 1.72. The van der Waals surface area contributed by atoms with Crippen LogP contribution in [0.15, 0.2) is 24.3 Å². The summed E-state index contributed by atoms with van der Waals surface area (Å²) in [6, 6.07) is 7.07. The summed E-state index contributed by atoms with van der Waals surface area (Å²) >= 11 is 0. The molecule has 0 bridgehead atoms. The van der Waals surface area contributed by atoms with E-state index >= 15 is 0 Å². The Hall–Kier alpha value is -1.05. The summed E-state index contributed by atoms with van der Waals surface area (Å²) in [5.41, 5.74) is 1.25. The van der Waals surface area contributed by atoms with Gasteiger partial charge in [0, 0.05) is 5.56 Å². The van der Waals surface area contributed by atoms with Gasteiger partial charge in [-0.2, -0.15) is 0 Å². The van der Waals surface area contributed by atoms with Crippen LogP contribution >= 0.6 is 8.58 Å². The number of hydrogen-bond donors (Lipinski definition) is 0. The lowest BCUT2D eigenvalue weighted by atomic mass is 10.1. The maximum absolute atomic E-state index is 11.3. The summed E-state index contributed by atoms with van der Waals surface area (Å²) in [5.74, 6) is -0.100. The minimum absolute atomic E-state index is 0.345. The zero-order valence-corrected chi connectivity index (χ0v) is 9.10. The molecule has 4 heteroatoms. The first-order valence-electron chi connectivity index (χ1n) is 4.73. The molecular formula is C11H11O3P. The molecule has 1 aliphatic rings. The summed E-state index contributed by atoms with van der Waals surface area (Å²) in [4.78, 5) is 21.7. The second kappa shape index (κ2) is 4.65. The molecule has 2 atom stereocenters. The monoisotopic (exact) mass is 222 g/mol. The lowest BCUT2D eigenvalue weighted by Crippen LogP contribution is -2.06. The topological polar surface area (TPSA) is 43.4 Å². The van der Waals surface area contributed by atoms with Crippen molar-refractivity contribution in [1.82, 2.24) is 0 Å². The number of rotatable bonds is 5. The highest BCUT2D eigenvalue weighted by Gasteiger charge is 2.22. The molecule has 0 radical (unpaired) electrons. The Morgan fingerprint density at radius 2 is 2.27 bits per heavy atom. The fourth-order valence-electron chi connectivity index (χ4n) is 1.31. The first kappa shape index (κ1) is 10.5. The van der Waals surface area contributed by atoms with Crippen molar-refractivity contribution in [3.05, 3.63) is 35.4 Å². The Kier molecular flexibility index (Phi) is 3.24. The van der Waals surface area contributed by atoms with Crippen molar-refractivity contribution in [2.75, 3.05) is 6.16 Å². The SMILES string of the molecule is O=CC(=O)c1ccccc1COC1CP1. The van der Waals surface area contributed by atoms with Gasteiger partial charge < -0.3 is 4.74 Å². The second-order valence-corrected chi connectivity index (χ2v) is 4.81. The van der Waals surface area contributed by atoms with Gasteiger partial charge in [0.2, 0.25) is 5.78 Å². The van der Waals surface area contributed by atoms with E-state index in [1.165, 1.54) is 0 Å². The predicted octanol–water partition coefficient (Wildman–Crippen LogP) is 1.60. The molecule has 1 saturated heterocycles. The third-order valence-electron chi connectivity index (χ3n) is 2.20. The Labute approximate surface area is 89.6 Å².